The first kappa shape index (κ1) is 19.9. The number of carbonyl (C=O) groups excluding carboxylic acids is 2. The summed E-state index contributed by atoms with van der Waals surface area (Å²) in [7, 11) is 0. The van der Waals surface area contributed by atoms with Crippen molar-refractivity contribution in [2.45, 2.75) is 43.2 Å². The molecule has 2 N–H and O–H groups in total. The lowest BCUT2D eigenvalue weighted by Gasteiger charge is -2.39. The van der Waals surface area contributed by atoms with E-state index in [1.54, 1.807) is 0 Å². The first-order valence-electron chi connectivity index (χ1n) is 10.2. The van der Waals surface area contributed by atoms with Crippen LogP contribution in [0.2, 0.25) is 0 Å². The van der Waals surface area contributed by atoms with Crippen molar-refractivity contribution in [3.05, 3.63) is 65.7 Å². The highest BCUT2D eigenvalue weighted by atomic mass is 35.5. The van der Waals surface area contributed by atoms with E-state index < -0.39 is 5.41 Å². The number of hydrogen-bond acceptors (Lipinski definition) is 3. The second-order valence-corrected chi connectivity index (χ2v) is 8.17. The molecular weight excluding hydrogens is 386 g/mol. The second kappa shape index (κ2) is 7.81. The highest BCUT2D eigenvalue weighted by molar-refractivity contribution is 6.06. The molecule has 3 aliphatic heterocycles. The zero-order valence-corrected chi connectivity index (χ0v) is 17.1. The molecular formula is C23H26ClN3O2. The molecule has 2 fully saturated rings. The molecule has 1 spiro atoms. The van der Waals surface area contributed by atoms with Crippen molar-refractivity contribution in [1.29, 1.82) is 0 Å². The van der Waals surface area contributed by atoms with Gasteiger partial charge in [0.15, 0.2) is 0 Å². The number of piperidine rings is 1. The van der Waals surface area contributed by atoms with E-state index in [4.69, 9.17) is 0 Å². The summed E-state index contributed by atoms with van der Waals surface area (Å²) >= 11 is 0. The van der Waals surface area contributed by atoms with E-state index in [2.05, 4.69) is 22.8 Å². The molecule has 2 aromatic rings. The first-order chi connectivity index (χ1) is 13.7. The van der Waals surface area contributed by atoms with Crippen LogP contribution in [-0.4, -0.2) is 35.8 Å². The fourth-order valence-electron chi connectivity index (χ4n) is 5.09. The molecule has 0 aromatic heterocycles. The molecule has 0 saturated carbocycles. The molecule has 2 aromatic carbocycles. The van der Waals surface area contributed by atoms with Crippen LogP contribution in [0.15, 0.2) is 54.6 Å². The van der Waals surface area contributed by atoms with E-state index in [-0.39, 0.29) is 36.3 Å². The molecule has 0 radical (unpaired) electrons. The van der Waals surface area contributed by atoms with Crippen molar-refractivity contribution in [2.75, 3.05) is 18.4 Å². The predicted molar refractivity (Wildman–Crippen MR) is 115 cm³/mol. The average Bonchev–Trinajstić information content (AvgIpc) is 3.33. The molecule has 152 valence electrons. The van der Waals surface area contributed by atoms with Crippen LogP contribution in [0.5, 0.6) is 0 Å². The van der Waals surface area contributed by atoms with Gasteiger partial charge in [0.05, 0.1) is 11.5 Å². The summed E-state index contributed by atoms with van der Waals surface area (Å²) in [6, 6.07) is 18.4. The zero-order chi connectivity index (χ0) is 19.1. The van der Waals surface area contributed by atoms with Gasteiger partial charge in [0.2, 0.25) is 11.8 Å². The van der Waals surface area contributed by atoms with Crippen LogP contribution in [0.1, 0.15) is 42.9 Å². The van der Waals surface area contributed by atoms with E-state index in [1.165, 1.54) is 5.56 Å². The zero-order valence-electron chi connectivity index (χ0n) is 16.3. The number of carbonyl (C=O) groups is 2. The highest BCUT2D eigenvalue weighted by Crippen LogP contribution is 2.45. The molecule has 0 unspecified atom stereocenters. The second-order valence-electron chi connectivity index (χ2n) is 8.17. The Labute approximate surface area is 177 Å². The maximum absolute atomic E-state index is 13.1. The van der Waals surface area contributed by atoms with Gasteiger partial charge in [-0.2, -0.15) is 0 Å². The Balaban J connectivity index is 0.00000205. The summed E-state index contributed by atoms with van der Waals surface area (Å²) in [4.78, 5) is 27.7. The molecule has 29 heavy (non-hydrogen) atoms. The number of amides is 2. The highest BCUT2D eigenvalue weighted by Gasteiger charge is 2.49. The fraction of sp³-hybridized carbons (Fsp3) is 0.391. The Hall–Kier alpha value is -2.37. The number of likely N-dealkylation sites (tertiary alicyclic amines) is 1. The largest absolute Gasteiger partial charge is 0.341 e. The quantitative estimate of drug-likeness (QED) is 0.796. The standard InChI is InChI=1S/C23H25N3O2.ClH/c27-21(20-11-10-18(24-20)16-6-2-1-3-7-16)26-14-12-23(13-15-26)17-8-4-5-9-19(17)25-22(23)28;/h1-9,18,20,24H,10-15H2,(H,25,28);1H/t18-,20-;/m1./s1. The van der Waals surface area contributed by atoms with Gasteiger partial charge >= 0.3 is 0 Å². The van der Waals surface area contributed by atoms with Crippen LogP contribution in [-0.2, 0) is 15.0 Å². The monoisotopic (exact) mass is 411 g/mol. The smallest absolute Gasteiger partial charge is 0.239 e. The molecule has 3 aliphatic rings. The Morgan fingerprint density at radius 1 is 0.966 bits per heavy atom. The van der Waals surface area contributed by atoms with Crippen LogP contribution in [0.3, 0.4) is 0 Å². The minimum absolute atomic E-state index is 0. The van der Waals surface area contributed by atoms with Gasteiger partial charge < -0.3 is 10.2 Å². The molecule has 2 amide bonds. The van der Waals surface area contributed by atoms with Crippen molar-refractivity contribution >= 4 is 29.9 Å². The van der Waals surface area contributed by atoms with Crippen LogP contribution >= 0.6 is 12.4 Å². The third-order valence-electron chi connectivity index (χ3n) is 6.70. The number of anilines is 1. The Morgan fingerprint density at radius 3 is 2.41 bits per heavy atom. The molecule has 3 heterocycles. The minimum atomic E-state index is -0.469. The summed E-state index contributed by atoms with van der Waals surface area (Å²) < 4.78 is 0. The fourth-order valence-corrected chi connectivity index (χ4v) is 5.09. The van der Waals surface area contributed by atoms with Crippen molar-refractivity contribution in [3.8, 4) is 0 Å². The lowest BCUT2D eigenvalue weighted by molar-refractivity contribution is -0.136. The third-order valence-corrected chi connectivity index (χ3v) is 6.70. The average molecular weight is 412 g/mol. The first-order valence-corrected chi connectivity index (χ1v) is 10.2. The molecule has 6 heteroatoms. The summed E-state index contributed by atoms with van der Waals surface area (Å²) in [6.45, 7) is 1.27. The van der Waals surface area contributed by atoms with E-state index in [0.29, 0.717) is 25.9 Å². The molecule has 0 bridgehead atoms. The lowest BCUT2D eigenvalue weighted by Crippen LogP contribution is -2.52. The number of rotatable bonds is 2. The van der Waals surface area contributed by atoms with Crippen LogP contribution in [0, 0.1) is 0 Å². The Kier molecular flexibility index (Phi) is 5.36. The summed E-state index contributed by atoms with van der Waals surface area (Å²) in [6.07, 6.45) is 3.23. The molecule has 2 atom stereocenters. The van der Waals surface area contributed by atoms with Crippen LogP contribution in [0.25, 0.3) is 0 Å². The number of nitrogens with zero attached hydrogens (tertiary/aromatic N) is 1. The SMILES string of the molecule is Cl.O=C([C@H]1CC[C@H](c2ccccc2)N1)N1CCC2(CC1)C(=O)Nc1ccccc12. The third kappa shape index (κ3) is 3.32. The van der Waals surface area contributed by atoms with Crippen molar-refractivity contribution in [2.24, 2.45) is 0 Å². The molecule has 2 saturated heterocycles. The Morgan fingerprint density at radius 2 is 1.66 bits per heavy atom. The van der Waals surface area contributed by atoms with E-state index >= 15 is 0 Å². The van der Waals surface area contributed by atoms with Gasteiger partial charge in [-0.25, -0.2) is 0 Å². The molecule has 5 rings (SSSR count). The van der Waals surface area contributed by atoms with E-state index in [0.717, 1.165) is 24.1 Å². The van der Waals surface area contributed by atoms with Gasteiger partial charge in [-0.1, -0.05) is 48.5 Å². The van der Waals surface area contributed by atoms with Gasteiger partial charge in [-0.15, -0.1) is 12.4 Å². The molecule has 0 aliphatic carbocycles. The Bertz CT molecular complexity index is 909. The van der Waals surface area contributed by atoms with Gasteiger partial charge in [0.1, 0.15) is 0 Å². The summed E-state index contributed by atoms with van der Waals surface area (Å²) in [5.74, 6) is 0.268. The summed E-state index contributed by atoms with van der Waals surface area (Å²) in [5.41, 5.74) is 2.79. The maximum Gasteiger partial charge on any atom is 0.239 e. The number of halogens is 1. The van der Waals surface area contributed by atoms with E-state index in [1.807, 2.05) is 47.4 Å². The maximum atomic E-state index is 13.1. The van der Waals surface area contributed by atoms with Crippen LogP contribution in [0.4, 0.5) is 5.69 Å². The number of para-hydroxylation sites is 1. The number of nitrogens with one attached hydrogen (secondary N) is 2. The van der Waals surface area contributed by atoms with Crippen molar-refractivity contribution in [3.63, 3.8) is 0 Å². The topological polar surface area (TPSA) is 61.4 Å². The van der Waals surface area contributed by atoms with Crippen molar-refractivity contribution < 1.29 is 9.59 Å². The number of hydrogen-bond donors (Lipinski definition) is 2. The normalized spacial score (nSPS) is 24.7. The van der Waals surface area contributed by atoms with Gasteiger partial charge in [-0.3, -0.25) is 14.9 Å². The van der Waals surface area contributed by atoms with Crippen LogP contribution < -0.4 is 10.6 Å². The molecule has 5 nitrogen and oxygen atoms in total. The number of benzene rings is 2. The van der Waals surface area contributed by atoms with E-state index in [9.17, 15) is 9.59 Å². The number of fused-ring (bicyclic) bond motifs is 2. The van der Waals surface area contributed by atoms with Gasteiger partial charge in [-0.05, 0) is 42.9 Å². The van der Waals surface area contributed by atoms with Gasteiger partial charge in [0.25, 0.3) is 0 Å². The predicted octanol–water partition coefficient (Wildman–Crippen LogP) is 3.41. The van der Waals surface area contributed by atoms with Crippen molar-refractivity contribution in [1.82, 2.24) is 10.2 Å². The lowest BCUT2D eigenvalue weighted by atomic mass is 9.73. The van der Waals surface area contributed by atoms with Gasteiger partial charge in [0, 0.05) is 24.8 Å². The minimum Gasteiger partial charge on any atom is -0.341 e. The summed E-state index contributed by atoms with van der Waals surface area (Å²) in [5, 5.41) is 6.55.